The summed E-state index contributed by atoms with van der Waals surface area (Å²) < 4.78 is 11.0. The van der Waals surface area contributed by atoms with Crippen molar-refractivity contribution in [2.45, 2.75) is 26.5 Å². The van der Waals surface area contributed by atoms with Gasteiger partial charge in [0.1, 0.15) is 0 Å². The second-order valence-corrected chi connectivity index (χ2v) is 5.32. The van der Waals surface area contributed by atoms with Crippen LogP contribution in [-0.4, -0.2) is 18.2 Å². The molecule has 0 aliphatic heterocycles. The van der Waals surface area contributed by atoms with E-state index in [-0.39, 0.29) is 6.10 Å². The third-order valence-corrected chi connectivity index (χ3v) is 3.26. The number of aromatic nitrogens is 1. The lowest BCUT2D eigenvalue weighted by Gasteiger charge is -2.15. The van der Waals surface area contributed by atoms with Crippen molar-refractivity contribution >= 4 is 17.0 Å². The molecule has 0 saturated carbocycles. The van der Waals surface area contributed by atoms with Crippen LogP contribution in [0.1, 0.15) is 18.7 Å². The first kappa shape index (κ1) is 13.7. The van der Waals surface area contributed by atoms with E-state index in [2.05, 4.69) is 10.3 Å². The number of anilines is 1. The quantitative estimate of drug-likeness (QED) is 0.877. The molecule has 0 radical (unpaired) electrons. The Morgan fingerprint density at radius 3 is 2.79 bits per heavy atom. The fourth-order valence-electron chi connectivity index (χ4n) is 1.65. The van der Waals surface area contributed by atoms with Crippen LogP contribution < -0.4 is 14.8 Å². The van der Waals surface area contributed by atoms with E-state index in [9.17, 15) is 0 Å². The molecule has 2 rings (SSSR count). The maximum absolute atomic E-state index is 5.74. The maximum Gasteiger partial charge on any atom is 0.163 e. The first-order valence-corrected chi connectivity index (χ1v) is 7.03. The van der Waals surface area contributed by atoms with Gasteiger partial charge in [-0.25, -0.2) is 0 Å². The Bertz CT molecular complexity index is 512. The van der Waals surface area contributed by atoms with Crippen LogP contribution in [0.4, 0.5) is 5.69 Å². The van der Waals surface area contributed by atoms with E-state index in [1.807, 2.05) is 43.8 Å². The fourth-order valence-corrected chi connectivity index (χ4v) is 2.19. The molecular formula is C14H18N2O2S. The van der Waals surface area contributed by atoms with Crippen molar-refractivity contribution in [1.82, 2.24) is 4.98 Å². The number of nitrogens with one attached hydrogen (secondary N) is 1. The zero-order valence-electron chi connectivity index (χ0n) is 11.3. The minimum absolute atomic E-state index is 0.116. The maximum atomic E-state index is 5.74. The number of hydrogen-bond acceptors (Lipinski definition) is 5. The van der Waals surface area contributed by atoms with Crippen LogP contribution in [0.2, 0.25) is 0 Å². The van der Waals surface area contributed by atoms with Gasteiger partial charge < -0.3 is 14.8 Å². The second-order valence-electron chi connectivity index (χ2n) is 4.35. The van der Waals surface area contributed by atoms with Gasteiger partial charge >= 0.3 is 0 Å². The van der Waals surface area contributed by atoms with E-state index >= 15 is 0 Å². The molecule has 19 heavy (non-hydrogen) atoms. The van der Waals surface area contributed by atoms with E-state index in [1.165, 1.54) is 4.88 Å². The van der Waals surface area contributed by atoms with Crippen LogP contribution in [0.3, 0.4) is 0 Å². The summed E-state index contributed by atoms with van der Waals surface area (Å²) in [6.45, 7) is 4.76. The third-order valence-electron chi connectivity index (χ3n) is 2.48. The van der Waals surface area contributed by atoms with Gasteiger partial charge in [-0.1, -0.05) is 0 Å². The predicted octanol–water partition coefficient (Wildman–Crippen LogP) is 3.55. The van der Waals surface area contributed by atoms with Gasteiger partial charge in [-0.15, -0.1) is 11.3 Å². The molecule has 1 N–H and O–H groups in total. The van der Waals surface area contributed by atoms with Crippen LogP contribution in [0.5, 0.6) is 11.5 Å². The molecule has 0 atom stereocenters. The Labute approximate surface area is 117 Å². The van der Waals surface area contributed by atoms with Crippen molar-refractivity contribution in [3.63, 3.8) is 0 Å². The smallest absolute Gasteiger partial charge is 0.163 e. The summed E-state index contributed by atoms with van der Waals surface area (Å²) in [6, 6.07) is 5.85. The summed E-state index contributed by atoms with van der Waals surface area (Å²) in [6.07, 6.45) is 1.98. The molecule has 1 heterocycles. The van der Waals surface area contributed by atoms with E-state index < -0.39 is 0 Å². The van der Waals surface area contributed by atoms with Crippen LogP contribution in [-0.2, 0) is 6.54 Å². The van der Waals surface area contributed by atoms with Gasteiger partial charge in [0.05, 0.1) is 25.3 Å². The summed E-state index contributed by atoms with van der Waals surface area (Å²) in [7, 11) is 1.65. The summed E-state index contributed by atoms with van der Waals surface area (Å²) in [5.41, 5.74) is 2.84. The van der Waals surface area contributed by atoms with Crippen LogP contribution in [0, 0.1) is 0 Å². The van der Waals surface area contributed by atoms with Crippen molar-refractivity contribution in [2.24, 2.45) is 0 Å². The van der Waals surface area contributed by atoms with Crippen molar-refractivity contribution in [1.29, 1.82) is 0 Å². The summed E-state index contributed by atoms with van der Waals surface area (Å²) in [5, 5.41) is 3.35. The molecule has 0 fully saturated rings. The SMILES string of the molecule is COc1ccc(NCc2cncs2)cc1OC(C)C. The average Bonchev–Trinajstić information content (AvgIpc) is 2.89. The summed E-state index contributed by atoms with van der Waals surface area (Å²) in [5.74, 6) is 1.50. The zero-order chi connectivity index (χ0) is 13.7. The lowest BCUT2D eigenvalue weighted by molar-refractivity contribution is 0.230. The monoisotopic (exact) mass is 278 g/mol. The first-order valence-electron chi connectivity index (χ1n) is 6.15. The Hall–Kier alpha value is -1.75. The molecule has 1 aromatic heterocycles. The topological polar surface area (TPSA) is 43.4 Å². The molecule has 0 bridgehead atoms. The molecular weight excluding hydrogens is 260 g/mol. The van der Waals surface area contributed by atoms with E-state index in [0.717, 1.165) is 23.7 Å². The Morgan fingerprint density at radius 2 is 2.16 bits per heavy atom. The lowest BCUT2D eigenvalue weighted by Crippen LogP contribution is -2.07. The predicted molar refractivity (Wildman–Crippen MR) is 78.2 cm³/mol. The molecule has 2 aromatic rings. The third kappa shape index (κ3) is 3.86. The molecule has 1 aromatic carbocycles. The lowest BCUT2D eigenvalue weighted by atomic mass is 10.2. The molecule has 0 saturated heterocycles. The Morgan fingerprint density at radius 1 is 1.32 bits per heavy atom. The minimum atomic E-state index is 0.116. The normalized spacial score (nSPS) is 10.5. The highest BCUT2D eigenvalue weighted by Crippen LogP contribution is 2.31. The summed E-state index contributed by atoms with van der Waals surface area (Å²) in [4.78, 5) is 5.25. The Kier molecular flexibility index (Phi) is 4.63. The van der Waals surface area contributed by atoms with Crippen LogP contribution in [0.25, 0.3) is 0 Å². The van der Waals surface area contributed by atoms with Gasteiger partial charge in [-0.05, 0) is 26.0 Å². The Balaban J connectivity index is 2.08. The van der Waals surface area contributed by atoms with Gasteiger partial charge in [0.25, 0.3) is 0 Å². The second kappa shape index (κ2) is 6.43. The summed E-state index contributed by atoms with van der Waals surface area (Å²) >= 11 is 1.64. The number of hydrogen-bond donors (Lipinski definition) is 1. The van der Waals surface area contributed by atoms with Crippen molar-refractivity contribution < 1.29 is 9.47 Å². The fraction of sp³-hybridized carbons (Fsp3) is 0.357. The number of ether oxygens (including phenoxy) is 2. The number of nitrogens with zero attached hydrogens (tertiary/aromatic N) is 1. The van der Waals surface area contributed by atoms with Gasteiger partial charge in [0, 0.05) is 22.8 Å². The van der Waals surface area contributed by atoms with E-state index in [1.54, 1.807) is 18.4 Å². The molecule has 0 unspecified atom stereocenters. The van der Waals surface area contributed by atoms with Crippen molar-refractivity contribution in [3.05, 3.63) is 34.8 Å². The van der Waals surface area contributed by atoms with Crippen molar-refractivity contribution in [3.8, 4) is 11.5 Å². The standard InChI is InChI=1S/C14H18N2O2S/c1-10(2)18-14-6-11(4-5-13(14)17-3)16-8-12-7-15-9-19-12/h4-7,9-10,16H,8H2,1-3H3. The average molecular weight is 278 g/mol. The highest BCUT2D eigenvalue weighted by molar-refractivity contribution is 7.09. The molecule has 102 valence electrons. The molecule has 0 spiro atoms. The molecule has 0 aliphatic rings. The highest BCUT2D eigenvalue weighted by Gasteiger charge is 2.07. The molecule has 4 nitrogen and oxygen atoms in total. The highest BCUT2D eigenvalue weighted by atomic mass is 32.1. The largest absolute Gasteiger partial charge is 0.493 e. The van der Waals surface area contributed by atoms with Gasteiger partial charge in [0.2, 0.25) is 0 Å². The molecule has 0 aliphatic carbocycles. The number of methoxy groups -OCH3 is 1. The van der Waals surface area contributed by atoms with Gasteiger partial charge in [-0.2, -0.15) is 0 Å². The van der Waals surface area contributed by atoms with E-state index in [4.69, 9.17) is 9.47 Å². The zero-order valence-corrected chi connectivity index (χ0v) is 12.2. The first-order chi connectivity index (χ1) is 9.19. The van der Waals surface area contributed by atoms with Gasteiger partial charge in [-0.3, -0.25) is 4.98 Å². The molecule has 0 amide bonds. The van der Waals surface area contributed by atoms with Gasteiger partial charge in [0.15, 0.2) is 11.5 Å². The van der Waals surface area contributed by atoms with Crippen LogP contribution in [0.15, 0.2) is 29.9 Å². The molecule has 5 heteroatoms. The number of thiazole rings is 1. The number of rotatable bonds is 6. The van der Waals surface area contributed by atoms with E-state index in [0.29, 0.717) is 0 Å². The van der Waals surface area contributed by atoms with Crippen molar-refractivity contribution in [2.75, 3.05) is 12.4 Å². The van der Waals surface area contributed by atoms with Crippen LogP contribution >= 0.6 is 11.3 Å². The minimum Gasteiger partial charge on any atom is -0.493 e. The number of benzene rings is 1.